The van der Waals surface area contributed by atoms with Crippen LogP contribution in [0.2, 0.25) is 0 Å². The summed E-state index contributed by atoms with van der Waals surface area (Å²) in [5.41, 5.74) is 1.77. The zero-order valence-corrected chi connectivity index (χ0v) is 23.0. The fourth-order valence-electron chi connectivity index (χ4n) is 4.75. The van der Waals surface area contributed by atoms with Crippen LogP contribution in [-0.2, 0) is 19.1 Å². The van der Waals surface area contributed by atoms with Crippen molar-refractivity contribution in [1.29, 1.82) is 0 Å². The van der Waals surface area contributed by atoms with Gasteiger partial charge in [0.05, 0.1) is 10.6 Å². The molecule has 1 saturated heterocycles. The van der Waals surface area contributed by atoms with E-state index in [9.17, 15) is 32.0 Å². The number of hydrogen-bond acceptors (Lipinski definition) is 8. The van der Waals surface area contributed by atoms with E-state index in [0.717, 1.165) is 24.3 Å². The molecule has 216 valence electrons. The first kappa shape index (κ1) is 28.8. The number of allylic oxidation sites excluding steroid dienone is 2. The van der Waals surface area contributed by atoms with E-state index in [1.807, 2.05) is 0 Å². The van der Waals surface area contributed by atoms with E-state index in [1.54, 1.807) is 41.3 Å². The summed E-state index contributed by atoms with van der Waals surface area (Å²) in [6, 6.07) is 16.8. The van der Waals surface area contributed by atoms with Gasteiger partial charge in [-0.2, -0.15) is 8.42 Å². The van der Waals surface area contributed by atoms with Crippen LogP contribution >= 0.6 is 0 Å². The first-order valence-corrected chi connectivity index (χ1v) is 14.5. The number of anilines is 1. The molecule has 1 aliphatic carbocycles. The lowest BCUT2D eigenvalue weighted by Gasteiger charge is -2.33. The molecule has 10 nitrogen and oxygen atoms in total. The molecule has 0 saturated carbocycles. The Balaban J connectivity index is 1.10. The molecule has 1 aliphatic heterocycles. The molecule has 3 aromatic rings. The van der Waals surface area contributed by atoms with Crippen molar-refractivity contribution in [1.82, 2.24) is 10.2 Å². The fourth-order valence-corrected chi connectivity index (χ4v) is 5.61. The van der Waals surface area contributed by atoms with Gasteiger partial charge in [-0.15, -0.1) is 0 Å². The largest absolute Gasteiger partial charge is 0.379 e. The van der Waals surface area contributed by atoms with Crippen molar-refractivity contribution in [2.24, 2.45) is 0 Å². The van der Waals surface area contributed by atoms with Crippen molar-refractivity contribution in [3.05, 3.63) is 107 Å². The van der Waals surface area contributed by atoms with E-state index in [0.29, 0.717) is 48.3 Å². The summed E-state index contributed by atoms with van der Waals surface area (Å²) in [5.74, 6) is -1.98. The van der Waals surface area contributed by atoms with Crippen LogP contribution in [-0.4, -0.2) is 62.4 Å². The van der Waals surface area contributed by atoms with Gasteiger partial charge in [0.2, 0.25) is 5.78 Å². The molecule has 0 aromatic heterocycles. The summed E-state index contributed by atoms with van der Waals surface area (Å²) < 4.78 is 42.1. The normalized spacial score (nSPS) is 15.5. The number of carbonyl (C=O) groups excluding carboxylic acids is 4. The number of fused-ring (bicyclic) bond motifs is 1. The molecule has 2 N–H and O–H groups in total. The van der Waals surface area contributed by atoms with E-state index in [1.165, 1.54) is 18.2 Å². The Bertz CT molecular complexity index is 1680. The van der Waals surface area contributed by atoms with Gasteiger partial charge in [0, 0.05) is 47.6 Å². The highest BCUT2D eigenvalue weighted by Crippen LogP contribution is 2.22. The molecule has 0 unspecified atom stereocenters. The number of nitrogens with zero attached hydrogens (tertiary/aromatic N) is 1. The second-order valence-electron chi connectivity index (χ2n) is 9.80. The average Bonchev–Trinajstić information content (AvgIpc) is 2.99. The summed E-state index contributed by atoms with van der Waals surface area (Å²) in [6.45, 7) is 0.105. The lowest BCUT2D eigenvalue weighted by molar-refractivity contribution is -0.118. The summed E-state index contributed by atoms with van der Waals surface area (Å²) in [5, 5.41) is 5.68. The fraction of sp³-hybridized carbons (Fsp3) is 0.200. The highest BCUT2D eigenvalue weighted by atomic mass is 32.2. The molecule has 42 heavy (non-hydrogen) atoms. The predicted octanol–water partition coefficient (Wildman–Crippen LogP) is 3.33. The Morgan fingerprint density at radius 1 is 0.905 bits per heavy atom. The zero-order valence-electron chi connectivity index (χ0n) is 22.2. The highest BCUT2D eigenvalue weighted by molar-refractivity contribution is 7.86. The van der Waals surface area contributed by atoms with Crippen molar-refractivity contribution in [2.75, 3.05) is 25.0 Å². The first-order chi connectivity index (χ1) is 20.1. The third kappa shape index (κ3) is 6.45. The molecule has 12 heteroatoms. The molecular formula is C30H26FN3O7S. The standard InChI is InChI=1S/C30H26FN3O7S/c31-20-7-11-23(12-8-20)42(39,40)41-18-28(36)33-21-9-5-19(6-10-21)30(38)34-15-13-22(14-16-34)32-26-17-27(35)24-3-1-2-4-25(24)29(26)37/h1-12,17,22,32H,13-16,18H2,(H,33,36). The van der Waals surface area contributed by atoms with Gasteiger partial charge in [-0.05, 0) is 61.4 Å². The molecule has 0 bridgehead atoms. The molecule has 1 fully saturated rings. The SMILES string of the molecule is O=C(COS(=O)(=O)c1ccc(F)cc1)Nc1ccc(C(=O)N2CCC(NC3=CC(=O)c4ccccc4C3=O)CC2)cc1. The number of hydrogen-bond donors (Lipinski definition) is 2. The second-order valence-corrected chi connectivity index (χ2v) is 11.4. The summed E-state index contributed by atoms with van der Waals surface area (Å²) in [6.07, 6.45) is 2.50. The van der Waals surface area contributed by atoms with Gasteiger partial charge < -0.3 is 15.5 Å². The maximum absolute atomic E-state index is 13.0. The minimum atomic E-state index is -4.24. The second kappa shape index (κ2) is 12.0. The van der Waals surface area contributed by atoms with Crippen LogP contribution in [0.3, 0.4) is 0 Å². The summed E-state index contributed by atoms with van der Waals surface area (Å²) >= 11 is 0. The van der Waals surface area contributed by atoms with Crippen LogP contribution in [0.1, 0.15) is 43.9 Å². The Hall–Kier alpha value is -4.68. The molecule has 2 aliphatic rings. The van der Waals surface area contributed by atoms with E-state index in [-0.39, 0.29) is 34.1 Å². The lowest BCUT2D eigenvalue weighted by atomic mass is 9.92. The number of likely N-dealkylation sites (tertiary alicyclic amines) is 1. The third-order valence-electron chi connectivity index (χ3n) is 6.96. The number of nitrogens with one attached hydrogen (secondary N) is 2. The van der Waals surface area contributed by atoms with Crippen LogP contribution < -0.4 is 10.6 Å². The van der Waals surface area contributed by atoms with Crippen LogP contribution in [0.4, 0.5) is 10.1 Å². The number of benzene rings is 3. The number of ketones is 2. The highest BCUT2D eigenvalue weighted by Gasteiger charge is 2.29. The number of rotatable bonds is 8. The van der Waals surface area contributed by atoms with E-state index in [4.69, 9.17) is 4.18 Å². The maximum atomic E-state index is 13.0. The van der Waals surface area contributed by atoms with Gasteiger partial charge in [0.1, 0.15) is 12.4 Å². The summed E-state index contributed by atoms with van der Waals surface area (Å²) in [4.78, 5) is 51.9. The first-order valence-electron chi connectivity index (χ1n) is 13.1. The lowest BCUT2D eigenvalue weighted by Crippen LogP contribution is -2.45. The van der Waals surface area contributed by atoms with Crippen molar-refractivity contribution in [2.45, 2.75) is 23.8 Å². The molecule has 3 aromatic carbocycles. The van der Waals surface area contributed by atoms with E-state index < -0.39 is 28.4 Å². The van der Waals surface area contributed by atoms with Crippen molar-refractivity contribution in [3.8, 4) is 0 Å². The van der Waals surface area contributed by atoms with Crippen LogP contribution in [0.25, 0.3) is 0 Å². The molecule has 1 heterocycles. The molecule has 2 amide bonds. The molecule has 5 rings (SSSR count). The zero-order chi connectivity index (χ0) is 29.9. The topological polar surface area (TPSA) is 139 Å². The number of halogens is 1. The monoisotopic (exact) mass is 591 g/mol. The van der Waals surface area contributed by atoms with Crippen LogP contribution in [0.5, 0.6) is 0 Å². The third-order valence-corrected chi connectivity index (χ3v) is 8.24. The van der Waals surface area contributed by atoms with E-state index >= 15 is 0 Å². The number of Topliss-reactive ketones (excluding diaryl/α,β-unsaturated/α-hetero) is 1. The van der Waals surface area contributed by atoms with Crippen LogP contribution in [0, 0.1) is 5.82 Å². The van der Waals surface area contributed by atoms with Crippen LogP contribution in [0.15, 0.2) is 89.5 Å². The number of carbonyl (C=O) groups is 4. The smallest absolute Gasteiger partial charge is 0.297 e. The Morgan fingerprint density at radius 2 is 1.55 bits per heavy atom. The molecule has 0 spiro atoms. The van der Waals surface area contributed by atoms with Crippen molar-refractivity contribution in [3.63, 3.8) is 0 Å². The maximum Gasteiger partial charge on any atom is 0.297 e. The van der Waals surface area contributed by atoms with Crippen molar-refractivity contribution < 1.29 is 36.2 Å². The average molecular weight is 592 g/mol. The van der Waals surface area contributed by atoms with Gasteiger partial charge in [0.25, 0.3) is 21.9 Å². The molecule has 0 atom stereocenters. The molecular weight excluding hydrogens is 565 g/mol. The predicted molar refractivity (Wildman–Crippen MR) is 150 cm³/mol. The Labute approximate surface area is 241 Å². The van der Waals surface area contributed by atoms with E-state index in [2.05, 4.69) is 10.6 Å². The van der Waals surface area contributed by atoms with Crippen molar-refractivity contribution >= 4 is 39.2 Å². The minimum Gasteiger partial charge on any atom is -0.379 e. The minimum absolute atomic E-state index is 0.0750. The molecule has 0 radical (unpaired) electrons. The summed E-state index contributed by atoms with van der Waals surface area (Å²) in [7, 11) is -4.24. The quantitative estimate of drug-likeness (QED) is 0.381. The van der Waals surface area contributed by atoms with Gasteiger partial charge in [-0.3, -0.25) is 23.4 Å². The van der Waals surface area contributed by atoms with Gasteiger partial charge in [0.15, 0.2) is 5.78 Å². The Kier molecular flexibility index (Phi) is 8.27. The van der Waals surface area contributed by atoms with Gasteiger partial charge in [-0.1, -0.05) is 24.3 Å². The Morgan fingerprint density at radius 3 is 2.21 bits per heavy atom. The van der Waals surface area contributed by atoms with Gasteiger partial charge >= 0.3 is 0 Å². The number of piperidine rings is 1. The van der Waals surface area contributed by atoms with Gasteiger partial charge in [-0.25, -0.2) is 4.39 Å². The number of amides is 2.